The van der Waals surface area contributed by atoms with Gasteiger partial charge in [0.1, 0.15) is 11.8 Å². The molecule has 1 aromatic carbocycles. The van der Waals surface area contributed by atoms with Crippen molar-refractivity contribution in [2.75, 3.05) is 0 Å². The van der Waals surface area contributed by atoms with E-state index in [4.69, 9.17) is 27.9 Å². The molecular formula is C10H7Cl2NOS. The van der Waals surface area contributed by atoms with Crippen LogP contribution >= 0.6 is 34.5 Å². The Kier molecular flexibility index (Phi) is 3.46. The smallest absolute Gasteiger partial charge is 0.274 e. The van der Waals surface area contributed by atoms with Crippen LogP contribution in [0.2, 0.25) is 10.2 Å². The Hall–Kier alpha value is -0.770. The van der Waals surface area contributed by atoms with Crippen molar-refractivity contribution in [3.05, 3.63) is 45.4 Å². The number of ether oxygens (including phenoxy) is 1. The maximum absolute atomic E-state index is 5.84. The molecule has 0 aliphatic rings. The molecule has 0 spiro atoms. The molecule has 0 amide bonds. The average molecular weight is 260 g/mol. The van der Waals surface area contributed by atoms with E-state index in [9.17, 15) is 0 Å². The first-order valence-corrected chi connectivity index (χ1v) is 5.86. The molecular weight excluding hydrogens is 253 g/mol. The third kappa shape index (κ3) is 3.09. The van der Waals surface area contributed by atoms with Gasteiger partial charge < -0.3 is 4.74 Å². The van der Waals surface area contributed by atoms with Gasteiger partial charge in [0.15, 0.2) is 0 Å². The molecule has 2 nitrogen and oxygen atoms in total. The first-order valence-electron chi connectivity index (χ1n) is 4.22. The highest BCUT2D eigenvalue weighted by molar-refractivity contribution is 7.11. The molecule has 1 heterocycles. The number of aromatic nitrogens is 1. The summed E-state index contributed by atoms with van der Waals surface area (Å²) in [7, 11) is 0. The Morgan fingerprint density at radius 3 is 2.87 bits per heavy atom. The Morgan fingerprint density at radius 1 is 1.33 bits per heavy atom. The van der Waals surface area contributed by atoms with Crippen molar-refractivity contribution < 1.29 is 4.74 Å². The number of benzene rings is 1. The summed E-state index contributed by atoms with van der Waals surface area (Å²) in [5.41, 5.74) is 1.01. The van der Waals surface area contributed by atoms with Gasteiger partial charge in [-0.1, -0.05) is 46.7 Å². The van der Waals surface area contributed by atoms with Crippen molar-refractivity contribution in [3.63, 3.8) is 0 Å². The third-order valence-electron chi connectivity index (χ3n) is 1.71. The predicted molar refractivity (Wildman–Crippen MR) is 62.9 cm³/mol. The number of thiazole rings is 1. The molecule has 0 saturated heterocycles. The summed E-state index contributed by atoms with van der Waals surface area (Å²) in [5.74, 6) is 0. The zero-order chi connectivity index (χ0) is 10.7. The van der Waals surface area contributed by atoms with Gasteiger partial charge in [-0.05, 0) is 17.7 Å². The van der Waals surface area contributed by atoms with E-state index in [0.29, 0.717) is 22.0 Å². The maximum atomic E-state index is 5.84. The number of halogens is 2. The molecule has 0 unspecified atom stereocenters. The first-order chi connectivity index (χ1) is 7.24. The van der Waals surface area contributed by atoms with Gasteiger partial charge in [0, 0.05) is 10.4 Å². The van der Waals surface area contributed by atoms with Crippen LogP contribution in [0, 0.1) is 0 Å². The molecule has 0 N–H and O–H groups in total. The third-order valence-corrected chi connectivity index (χ3v) is 3.02. The van der Waals surface area contributed by atoms with Crippen molar-refractivity contribution in [1.82, 2.24) is 4.98 Å². The lowest BCUT2D eigenvalue weighted by atomic mass is 10.2. The van der Waals surface area contributed by atoms with E-state index in [-0.39, 0.29) is 0 Å². The van der Waals surface area contributed by atoms with Crippen LogP contribution in [-0.4, -0.2) is 4.98 Å². The Bertz CT molecular complexity index is 458. The Morgan fingerprint density at radius 2 is 2.20 bits per heavy atom. The average Bonchev–Trinajstić information content (AvgIpc) is 2.62. The molecule has 78 valence electrons. The summed E-state index contributed by atoms with van der Waals surface area (Å²) < 4.78 is 5.43. The second-order valence-corrected chi connectivity index (χ2v) is 4.50. The summed E-state index contributed by atoms with van der Waals surface area (Å²) >= 11 is 12.9. The standard InChI is InChI=1S/C10H7Cl2NOS/c11-8-3-1-2-7(4-8)5-14-10-13-9(12)6-15-10/h1-4,6H,5H2. The maximum Gasteiger partial charge on any atom is 0.274 e. The van der Waals surface area contributed by atoms with E-state index in [1.165, 1.54) is 11.3 Å². The zero-order valence-electron chi connectivity index (χ0n) is 7.61. The first kappa shape index (κ1) is 10.7. The number of hydrogen-bond acceptors (Lipinski definition) is 3. The summed E-state index contributed by atoms with van der Waals surface area (Å²) in [6, 6.07) is 7.51. The van der Waals surface area contributed by atoms with Crippen LogP contribution in [-0.2, 0) is 6.61 Å². The summed E-state index contributed by atoms with van der Waals surface area (Å²) in [4.78, 5) is 3.98. The SMILES string of the molecule is Clc1cccc(COc2nc(Cl)cs2)c1. The molecule has 2 aromatic rings. The Labute approximate surface area is 101 Å². The van der Waals surface area contributed by atoms with Crippen molar-refractivity contribution >= 4 is 34.5 Å². The second kappa shape index (κ2) is 4.84. The van der Waals surface area contributed by atoms with E-state index in [1.807, 2.05) is 24.3 Å². The van der Waals surface area contributed by atoms with Crippen LogP contribution in [0.3, 0.4) is 0 Å². The van der Waals surface area contributed by atoms with Crippen LogP contribution in [0.15, 0.2) is 29.6 Å². The second-order valence-electron chi connectivity index (χ2n) is 2.85. The van der Waals surface area contributed by atoms with Gasteiger partial charge in [-0.2, -0.15) is 4.98 Å². The summed E-state index contributed by atoms with van der Waals surface area (Å²) in [6.45, 7) is 0.449. The molecule has 0 atom stereocenters. The number of nitrogens with zero attached hydrogens (tertiary/aromatic N) is 1. The van der Waals surface area contributed by atoms with E-state index in [2.05, 4.69) is 4.98 Å². The molecule has 2 rings (SSSR count). The molecule has 0 saturated carbocycles. The van der Waals surface area contributed by atoms with Crippen LogP contribution in [0.25, 0.3) is 0 Å². The van der Waals surface area contributed by atoms with Gasteiger partial charge in [0.2, 0.25) is 0 Å². The molecule has 0 aliphatic heterocycles. The molecule has 0 aliphatic carbocycles. The molecule has 0 radical (unpaired) electrons. The lowest BCUT2D eigenvalue weighted by Gasteiger charge is -2.02. The topological polar surface area (TPSA) is 22.1 Å². The van der Waals surface area contributed by atoms with Crippen molar-refractivity contribution in [3.8, 4) is 5.19 Å². The molecule has 5 heteroatoms. The summed E-state index contributed by atoms with van der Waals surface area (Å²) in [6.07, 6.45) is 0. The van der Waals surface area contributed by atoms with Gasteiger partial charge in [-0.15, -0.1) is 0 Å². The van der Waals surface area contributed by atoms with Gasteiger partial charge in [-0.3, -0.25) is 0 Å². The molecule has 15 heavy (non-hydrogen) atoms. The minimum Gasteiger partial charge on any atom is -0.465 e. The predicted octanol–water partition coefficient (Wildman–Crippen LogP) is 4.03. The molecule has 1 aromatic heterocycles. The monoisotopic (exact) mass is 259 g/mol. The van der Waals surface area contributed by atoms with Gasteiger partial charge in [-0.25, -0.2) is 0 Å². The fourth-order valence-corrected chi connectivity index (χ4v) is 2.08. The Balaban J connectivity index is 1.99. The highest BCUT2D eigenvalue weighted by Gasteiger charge is 2.01. The normalized spacial score (nSPS) is 10.3. The largest absolute Gasteiger partial charge is 0.465 e. The minimum absolute atomic E-state index is 0.449. The van der Waals surface area contributed by atoms with E-state index < -0.39 is 0 Å². The highest BCUT2D eigenvalue weighted by atomic mass is 35.5. The van der Waals surface area contributed by atoms with Gasteiger partial charge in [0.05, 0.1) is 0 Å². The number of hydrogen-bond donors (Lipinski definition) is 0. The lowest BCUT2D eigenvalue weighted by molar-refractivity contribution is 0.304. The lowest BCUT2D eigenvalue weighted by Crippen LogP contribution is -1.94. The zero-order valence-corrected chi connectivity index (χ0v) is 9.94. The fourth-order valence-electron chi connectivity index (χ4n) is 1.08. The number of rotatable bonds is 3. The van der Waals surface area contributed by atoms with E-state index in [1.54, 1.807) is 5.38 Å². The van der Waals surface area contributed by atoms with Crippen LogP contribution in [0.5, 0.6) is 5.19 Å². The minimum atomic E-state index is 0.449. The van der Waals surface area contributed by atoms with E-state index >= 15 is 0 Å². The quantitative estimate of drug-likeness (QED) is 0.831. The van der Waals surface area contributed by atoms with Gasteiger partial charge in [0.25, 0.3) is 5.19 Å². The van der Waals surface area contributed by atoms with Gasteiger partial charge >= 0.3 is 0 Å². The van der Waals surface area contributed by atoms with Crippen LogP contribution in [0.1, 0.15) is 5.56 Å². The van der Waals surface area contributed by atoms with Crippen molar-refractivity contribution in [2.45, 2.75) is 6.61 Å². The van der Waals surface area contributed by atoms with Crippen molar-refractivity contribution in [1.29, 1.82) is 0 Å². The fraction of sp³-hybridized carbons (Fsp3) is 0.100. The summed E-state index contributed by atoms with van der Waals surface area (Å²) in [5, 5.41) is 3.46. The van der Waals surface area contributed by atoms with Crippen molar-refractivity contribution in [2.24, 2.45) is 0 Å². The van der Waals surface area contributed by atoms with Crippen LogP contribution < -0.4 is 4.74 Å². The molecule has 0 bridgehead atoms. The molecule has 0 fully saturated rings. The van der Waals surface area contributed by atoms with Crippen LogP contribution in [0.4, 0.5) is 0 Å². The highest BCUT2D eigenvalue weighted by Crippen LogP contribution is 2.22. The van der Waals surface area contributed by atoms with E-state index in [0.717, 1.165) is 5.56 Å².